The fraction of sp³-hybridized carbons (Fsp3) is 0.435. The highest BCUT2D eigenvalue weighted by Gasteiger charge is 2.20. The number of halogens is 1. The molecule has 1 fully saturated rings. The Labute approximate surface area is 173 Å². The molecule has 3 rings (SSSR count). The summed E-state index contributed by atoms with van der Waals surface area (Å²) in [5.41, 5.74) is 2.82. The van der Waals surface area contributed by atoms with Crippen molar-refractivity contribution in [1.82, 2.24) is 10.6 Å². The lowest BCUT2D eigenvalue weighted by Crippen LogP contribution is -2.48. The minimum absolute atomic E-state index is 0.241. The SMILES string of the molecule is CCNC(=NCc1ccc(F)c(COC)c1)NC1CCN(c2ccccc2)CC1. The number of hydrogen-bond acceptors (Lipinski definition) is 3. The van der Waals surface area contributed by atoms with E-state index in [1.807, 2.05) is 6.07 Å². The van der Waals surface area contributed by atoms with Crippen molar-refractivity contribution in [2.45, 2.75) is 39.0 Å². The van der Waals surface area contributed by atoms with Crippen LogP contribution in [-0.2, 0) is 17.9 Å². The number of nitrogens with zero attached hydrogens (tertiary/aromatic N) is 2. The highest BCUT2D eigenvalue weighted by atomic mass is 19.1. The molecule has 2 aromatic rings. The maximum absolute atomic E-state index is 13.8. The molecule has 0 unspecified atom stereocenters. The van der Waals surface area contributed by atoms with Crippen LogP contribution in [0.25, 0.3) is 0 Å². The van der Waals surface area contributed by atoms with Crippen LogP contribution in [0, 0.1) is 5.82 Å². The maximum Gasteiger partial charge on any atom is 0.191 e. The molecule has 1 aliphatic rings. The van der Waals surface area contributed by atoms with Crippen molar-refractivity contribution in [1.29, 1.82) is 0 Å². The lowest BCUT2D eigenvalue weighted by Gasteiger charge is -2.34. The van der Waals surface area contributed by atoms with E-state index < -0.39 is 0 Å². The van der Waals surface area contributed by atoms with Crippen LogP contribution in [0.5, 0.6) is 0 Å². The smallest absolute Gasteiger partial charge is 0.191 e. The summed E-state index contributed by atoms with van der Waals surface area (Å²) in [4.78, 5) is 7.13. The largest absolute Gasteiger partial charge is 0.380 e. The Balaban J connectivity index is 1.57. The van der Waals surface area contributed by atoms with Crippen LogP contribution in [-0.4, -0.2) is 38.7 Å². The number of piperidine rings is 1. The first-order chi connectivity index (χ1) is 14.2. The van der Waals surface area contributed by atoms with E-state index in [1.165, 1.54) is 11.8 Å². The molecule has 29 heavy (non-hydrogen) atoms. The first-order valence-corrected chi connectivity index (χ1v) is 10.3. The zero-order valence-electron chi connectivity index (χ0n) is 17.3. The van der Waals surface area contributed by atoms with Crippen LogP contribution in [0.3, 0.4) is 0 Å². The summed E-state index contributed by atoms with van der Waals surface area (Å²) in [6.07, 6.45) is 2.13. The number of hydrogen-bond donors (Lipinski definition) is 2. The third kappa shape index (κ3) is 6.19. The summed E-state index contributed by atoms with van der Waals surface area (Å²) in [7, 11) is 1.57. The van der Waals surface area contributed by atoms with Crippen LogP contribution >= 0.6 is 0 Å². The topological polar surface area (TPSA) is 48.9 Å². The third-order valence-corrected chi connectivity index (χ3v) is 5.13. The van der Waals surface area contributed by atoms with Crippen molar-refractivity contribution in [3.63, 3.8) is 0 Å². The van der Waals surface area contributed by atoms with Gasteiger partial charge in [0.25, 0.3) is 0 Å². The first-order valence-electron chi connectivity index (χ1n) is 10.3. The molecule has 0 aliphatic carbocycles. The van der Waals surface area contributed by atoms with Gasteiger partial charge in [-0.3, -0.25) is 0 Å². The maximum atomic E-state index is 13.8. The Morgan fingerprint density at radius 1 is 1.17 bits per heavy atom. The quantitative estimate of drug-likeness (QED) is 0.552. The van der Waals surface area contributed by atoms with Crippen LogP contribution in [0.15, 0.2) is 53.5 Å². The minimum atomic E-state index is -0.241. The molecule has 0 bridgehead atoms. The minimum Gasteiger partial charge on any atom is -0.380 e. The Morgan fingerprint density at radius 3 is 2.62 bits per heavy atom. The molecular formula is C23H31FN4O. The molecular weight excluding hydrogens is 367 g/mol. The van der Waals surface area contributed by atoms with Gasteiger partial charge in [-0.1, -0.05) is 24.3 Å². The summed E-state index contributed by atoms with van der Waals surface area (Å²) < 4.78 is 18.9. The van der Waals surface area contributed by atoms with Gasteiger partial charge < -0.3 is 20.3 Å². The van der Waals surface area contributed by atoms with Crippen molar-refractivity contribution >= 4 is 11.6 Å². The summed E-state index contributed by atoms with van der Waals surface area (Å²) in [5.74, 6) is 0.568. The van der Waals surface area contributed by atoms with Crippen molar-refractivity contribution in [2.24, 2.45) is 4.99 Å². The monoisotopic (exact) mass is 398 g/mol. The van der Waals surface area contributed by atoms with E-state index in [1.54, 1.807) is 13.2 Å². The summed E-state index contributed by atoms with van der Waals surface area (Å²) in [6.45, 7) is 5.67. The van der Waals surface area contributed by atoms with Crippen molar-refractivity contribution in [3.8, 4) is 0 Å². The van der Waals surface area contributed by atoms with E-state index in [-0.39, 0.29) is 12.4 Å². The predicted octanol–water partition coefficient (Wildman–Crippen LogP) is 3.70. The molecule has 0 atom stereocenters. The van der Waals surface area contributed by atoms with Gasteiger partial charge in [0, 0.05) is 44.0 Å². The second-order valence-electron chi connectivity index (χ2n) is 7.30. The number of guanidine groups is 1. The zero-order valence-corrected chi connectivity index (χ0v) is 17.3. The predicted molar refractivity (Wildman–Crippen MR) is 117 cm³/mol. The lowest BCUT2D eigenvalue weighted by atomic mass is 10.0. The number of anilines is 1. The standard InChI is InChI=1S/C23H31FN4O/c1-3-25-23(26-16-18-9-10-22(24)19(15-18)17-29-2)27-20-11-13-28(14-12-20)21-7-5-4-6-8-21/h4-10,15,20H,3,11-14,16-17H2,1-2H3,(H2,25,26,27). The second kappa shape index (κ2) is 10.8. The Bertz CT molecular complexity index is 789. The van der Waals surface area contributed by atoms with Gasteiger partial charge in [-0.2, -0.15) is 0 Å². The molecule has 0 amide bonds. The number of aliphatic imine (C=N–C) groups is 1. The van der Waals surface area contributed by atoms with Gasteiger partial charge in [-0.15, -0.1) is 0 Å². The molecule has 1 heterocycles. The van der Waals surface area contributed by atoms with Crippen molar-refractivity contribution in [3.05, 3.63) is 65.5 Å². The summed E-state index contributed by atoms with van der Waals surface area (Å²) in [5, 5.41) is 6.88. The zero-order chi connectivity index (χ0) is 20.5. The number of para-hydroxylation sites is 1. The van der Waals surface area contributed by atoms with E-state index in [0.717, 1.165) is 44.0 Å². The van der Waals surface area contributed by atoms with Gasteiger partial charge in [0.05, 0.1) is 13.2 Å². The first kappa shape index (κ1) is 21.1. The van der Waals surface area contributed by atoms with Gasteiger partial charge in [0.1, 0.15) is 5.82 Å². The molecule has 1 saturated heterocycles. The van der Waals surface area contributed by atoms with Gasteiger partial charge in [0.2, 0.25) is 0 Å². The second-order valence-corrected chi connectivity index (χ2v) is 7.30. The van der Waals surface area contributed by atoms with E-state index >= 15 is 0 Å². The Hall–Kier alpha value is -2.60. The molecule has 2 N–H and O–H groups in total. The average molecular weight is 399 g/mol. The number of ether oxygens (including phenoxy) is 1. The molecule has 156 valence electrons. The van der Waals surface area contributed by atoms with Crippen molar-refractivity contribution in [2.75, 3.05) is 31.6 Å². The highest BCUT2D eigenvalue weighted by Crippen LogP contribution is 2.19. The number of rotatable bonds is 7. The molecule has 6 heteroatoms. The molecule has 5 nitrogen and oxygen atoms in total. The molecule has 0 aromatic heterocycles. The summed E-state index contributed by atoms with van der Waals surface area (Å²) >= 11 is 0. The fourth-order valence-corrected chi connectivity index (χ4v) is 3.60. The molecule has 1 aliphatic heterocycles. The van der Waals surface area contributed by atoms with Gasteiger partial charge in [-0.05, 0) is 49.6 Å². The average Bonchev–Trinajstić information content (AvgIpc) is 2.75. The van der Waals surface area contributed by atoms with Gasteiger partial charge >= 0.3 is 0 Å². The number of benzene rings is 2. The van der Waals surface area contributed by atoms with Crippen LogP contribution in [0.4, 0.5) is 10.1 Å². The van der Waals surface area contributed by atoms with Crippen molar-refractivity contribution < 1.29 is 9.13 Å². The summed E-state index contributed by atoms with van der Waals surface area (Å²) in [6, 6.07) is 16.0. The number of nitrogens with one attached hydrogen (secondary N) is 2. The fourth-order valence-electron chi connectivity index (χ4n) is 3.60. The highest BCUT2D eigenvalue weighted by molar-refractivity contribution is 5.80. The lowest BCUT2D eigenvalue weighted by molar-refractivity contribution is 0.181. The normalized spacial score (nSPS) is 15.4. The van der Waals surface area contributed by atoms with E-state index in [4.69, 9.17) is 9.73 Å². The van der Waals surface area contributed by atoms with Crippen LogP contribution in [0.2, 0.25) is 0 Å². The Morgan fingerprint density at radius 2 is 1.93 bits per heavy atom. The van der Waals surface area contributed by atoms with E-state index in [9.17, 15) is 4.39 Å². The molecule has 0 saturated carbocycles. The van der Waals surface area contributed by atoms with Crippen LogP contribution < -0.4 is 15.5 Å². The Kier molecular flexibility index (Phi) is 7.87. The van der Waals surface area contributed by atoms with E-state index in [0.29, 0.717) is 18.2 Å². The molecule has 2 aromatic carbocycles. The van der Waals surface area contributed by atoms with Gasteiger partial charge in [0.15, 0.2) is 5.96 Å². The van der Waals surface area contributed by atoms with Gasteiger partial charge in [-0.25, -0.2) is 9.38 Å². The van der Waals surface area contributed by atoms with Crippen LogP contribution in [0.1, 0.15) is 30.9 Å². The molecule has 0 spiro atoms. The third-order valence-electron chi connectivity index (χ3n) is 5.13. The number of methoxy groups -OCH3 is 1. The molecule has 0 radical (unpaired) electrons. The van der Waals surface area contributed by atoms with E-state index in [2.05, 4.69) is 52.8 Å².